The summed E-state index contributed by atoms with van der Waals surface area (Å²) in [6, 6.07) is 16.9. The Morgan fingerprint density at radius 1 is 1.00 bits per heavy atom. The molecule has 4 heteroatoms. The summed E-state index contributed by atoms with van der Waals surface area (Å²) >= 11 is 2.36. The first-order valence-corrected chi connectivity index (χ1v) is 9.73. The lowest BCUT2D eigenvalue weighted by molar-refractivity contribution is 0.410. The monoisotopic (exact) mass is 456 g/mol. The summed E-state index contributed by atoms with van der Waals surface area (Å²) in [6.45, 7) is 6.72. The number of ether oxygens (including phenoxy) is 1. The van der Waals surface area contributed by atoms with E-state index in [-0.39, 0.29) is 5.54 Å². The Balaban J connectivity index is 2.32. The van der Waals surface area contributed by atoms with E-state index in [1.54, 1.807) is 7.11 Å². The average Bonchev–Trinajstić information content (AvgIpc) is 2.95. The van der Waals surface area contributed by atoms with Crippen LogP contribution in [0.1, 0.15) is 20.8 Å². The van der Waals surface area contributed by atoms with Crippen LogP contribution in [0.4, 0.5) is 0 Å². The zero-order valence-corrected chi connectivity index (χ0v) is 17.5. The fraction of sp³-hybridized carbons (Fsp3) is 0.227. The quantitative estimate of drug-likeness (QED) is 0.335. The van der Waals surface area contributed by atoms with Gasteiger partial charge in [-0.3, -0.25) is 4.98 Å². The Morgan fingerprint density at radius 3 is 2.38 bits per heavy atom. The number of hydrogen-bond donors (Lipinski definition) is 0. The molecule has 0 aliphatic carbocycles. The molecular weight excluding hydrogens is 435 g/mol. The van der Waals surface area contributed by atoms with Gasteiger partial charge in [0.25, 0.3) is 0 Å². The van der Waals surface area contributed by atoms with Crippen LogP contribution in [0.5, 0.6) is 5.75 Å². The largest absolute Gasteiger partial charge is 0.495 e. The van der Waals surface area contributed by atoms with E-state index in [9.17, 15) is 0 Å². The van der Waals surface area contributed by atoms with Crippen molar-refractivity contribution in [2.45, 2.75) is 26.3 Å². The first-order chi connectivity index (χ1) is 12.4. The van der Waals surface area contributed by atoms with Crippen LogP contribution in [0, 0.1) is 3.57 Å². The number of rotatable bonds is 2. The van der Waals surface area contributed by atoms with Gasteiger partial charge in [0, 0.05) is 28.0 Å². The first-order valence-electron chi connectivity index (χ1n) is 8.65. The summed E-state index contributed by atoms with van der Waals surface area (Å²) in [5.74, 6) is 0.880. The molecule has 0 N–H and O–H groups in total. The lowest BCUT2D eigenvalue weighted by Crippen LogP contribution is -2.21. The van der Waals surface area contributed by atoms with Gasteiger partial charge in [0.1, 0.15) is 5.75 Å². The first kappa shape index (κ1) is 17.3. The molecule has 2 aromatic heterocycles. The molecule has 4 rings (SSSR count). The molecule has 0 atom stereocenters. The Labute approximate surface area is 167 Å². The Morgan fingerprint density at radius 2 is 1.73 bits per heavy atom. The van der Waals surface area contributed by atoms with Crippen molar-refractivity contribution < 1.29 is 4.74 Å². The van der Waals surface area contributed by atoms with E-state index in [4.69, 9.17) is 4.74 Å². The number of para-hydroxylation sites is 1. The van der Waals surface area contributed by atoms with Crippen LogP contribution in [0.15, 0.2) is 54.7 Å². The average molecular weight is 456 g/mol. The SMILES string of the molecule is COc1c(I)cc2c3ccccc3n(C(C)(C)C)c2c1-c1ccccn1. The Bertz CT molecular complexity index is 1110. The van der Waals surface area contributed by atoms with E-state index in [1.807, 2.05) is 18.3 Å². The maximum Gasteiger partial charge on any atom is 0.143 e. The highest BCUT2D eigenvalue weighted by atomic mass is 127. The smallest absolute Gasteiger partial charge is 0.143 e. The molecule has 0 radical (unpaired) electrons. The summed E-state index contributed by atoms with van der Waals surface area (Å²) in [5.41, 5.74) is 4.32. The van der Waals surface area contributed by atoms with Gasteiger partial charge in [0.15, 0.2) is 0 Å². The van der Waals surface area contributed by atoms with E-state index < -0.39 is 0 Å². The van der Waals surface area contributed by atoms with Crippen LogP contribution in [-0.2, 0) is 5.54 Å². The number of aromatic nitrogens is 2. The second kappa shape index (κ2) is 6.27. The number of hydrogen-bond acceptors (Lipinski definition) is 2. The molecular formula is C22H21IN2O. The fourth-order valence-corrected chi connectivity index (χ4v) is 4.52. The lowest BCUT2D eigenvalue weighted by atomic mass is 10.0. The number of fused-ring (bicyclic) bond motifs is 3. The number of benzene rings is 2. The van der Waals surface area contributed by atoms with Gasteiger partial charge in [-0.15, -0.1) is 0 Å². The molecule has 0 amide bonds. The predicted octanol–water partition coefficient (Wildman–Crippen LogP) is 6.22. The Kier molecular flexibility index (Phi) is 4.18. The minimum Gasteiger partial charge on any atom is -0.495 e. The third-order valence-corrected chi connectivity index (χ3v) is 5.46. The molecule has 2 aromatic carbocycles. The Hall–Kier alpha value is -2.08. The summed E-state index contributed by atoms with van der Waals surface area (Å²) in [6.07, 6.45) is 1.84. The highest BCUT2D eigenvalue weighted by molar-refractivity contribution is 14.1. The van der Waals surface area contributed by atoms with E-state index in [0.29, 0.717) is 0 Å². The molecule has 0 saturated heterocycles. The molecule has 26 heavy (non-hydrogen) atoms. The number of halogens is 1. The summed E-state index contributed by atoms with van der Waals surface area (Å²) in [7, 11) is 1.74. The van der Waals surface area contributed by atoms with Gasteiger partial charge in [-0.05, 0) is 67.6 Å². The van der Waals surface area contributed by atoms with Crippen molar-refractivity contribution >= 4 is 44.4 Å². The van der Waals surface area contributed by atoms with E-state index in [2.05, 4.69) is 89.3 Å². The van der Waals surface area contributed by atoms with Gasteiger partial charge in [0.05, 0.1) is 27.5 Å². The number of nitrogens with zero attached hydrogens (tertiary/aromatic N) is 2. The third-order valence-electron chi connectivity index (χ3n) is 4.66. The van der Waals surface area contributed by atoms with Gasteiger partial charge in [-0.2, -0.15) is 0 Å². The molecule has 0 spiro atoms. The van der Waals surface area contributed by atoms with Crippen molar-refractivity contribution in [1.82, 2.24) is 9.55 Å². The van der Waals surface area contributed by atoms with Crippen LogP contribution in [-0.4, -0.2) is 16.7 Å². The summed E-state index contributed by atoms with van der Waals surface area (Å²) in [4.78, 5) is 4.65. The summed E-state index contributed by atoms with van der Waals surface area (Å²) in [5, 5.41) is 2.50. The van der Waals surface area contributed by atoms with Crippen molar-refractivity contribution in [3.8, 4) is 17.0 Å². The topological polar surface area (TPSA) is 27.1 Å². The van der Waals surface area contributed by atoms with E-state index in [1.165, 1.54) is 21.8 Å². The summed E-state index contributed by atoms with van der Waals surface area (Å²) < 4.78 is 9.35. The molecule has 0 saturated carbocycles. The van der Waals surface area contributed by atoms with Crippen LogP contribution in [0.25, 0.3) is 33.1 Å². The molecule has 0 aliphatic rings. The molecule has 132 valence electrons. The lowest BCUT2D eigenvalue weighted by Gasteiger charge is -2.26. The van der Waals surface area contributed by atoms with Gasteiger partial charge in [0.2, 0.25) is 0 Å². The molecule has 0 fully saturated rings. The van der Waals surface area contributed by atoms with Crippen molar-refractivity contribution in [2.24, 2.45) is 0 Å². The van der Waals surface area contributed by atoms with Crippen molar-refractivity contribution in [3.63, 3.8) is 0 Å². The third kappa shape index (κ3) is 2.58. The van der Waals surface area contributed by atoms with Gasteiger partial charge in [-0.1, -0.05) is 24.3 Å². The molecule has 0 bridgehead atoms. The van der Waals surface area contributed by atoms with E-state index in [0.717, 1.165) is 20.6 Å². The van der Waals surface area contributed by atoms with Gasteiger partial charge >= 0.3 is 0 Å². The van der Waals surface area contributed by atoms with Crippen LogP contribution in [0.3, 0.4) is 0 Å². The van der Waals surface area contributed by atoms with Gasteiger partial charge in [-0.25, -0.2) is 0 Å². The molecule has 0 aliphatic heterocycles. The predicted molar refractivity (Wildman–Crippen MR) is 117 cm³/mol. The number of methoxy groups -OCH3 is 1. The van der Waals surface area contributed by atoms with Crippen LogP contribution in [0.2, 0.25) is 0 Å². The zero-order valence-electron chi connectivity index (χ0n) is 15.4. The van der Waals surface area contributed by atoms with Crippen LogP contribution >= 0.6 is 22.6 Å². The van der Waals surface area contributed by atoms with Crippen molar-refractivity contribution in [1.29, 1.82) is 0 Å². The van der Waals surface area contributed by atoms with Crippen molar-refractivity contribution in [2.75, 3.05) is 7.11 Å². The molecule has 3 nitrogen and oxygen atoms in total. The minimum absolute atomic E-state index is 0.0807. The second-order valence-corrected chi connectivity index (χ2v) is 8.56. The zero-order chi connectivity index (χ0) is 18.5. The second-order valence-electron chi connectivity index (χ2n) is 7.40. The highest BCUT2D eigenvalue weighted by Crippen LogP contribution is 2.45. The molecule has 0 unspecified atom stereocenters. The maximum atomic E-state index is 5.84. The van der Waals surface area contributed by atoms with Crippen LogP contribution < -0.4 is 4.74 Å². The molecule has 4 aromatic rings. The number of pyridine rings is 1. The normalized spacial score (nSPS) is 12.0. The van der Waals surface area contributed by atoms with Gasteiger partial charge < -0.3 is 9.30 Å². The minimum atomic E-state index is -0.0807. The highest BCUT2D eigenvalue weighted by Gasteiger charge is 2.26. The standard InChI is InChI=1S/C22H21IN2O/c1-22(2,3)25-18-11-6-5-9-14(18)15-13-16(23)21(26-4)19(20(15)25)17-10-7-8-12-24-17/h5-13H,1-4H3. The maximum absolute atomic E-state index is 5.84. The fourth-order valence-electron chi connectivity index (χ4n) is 3.72. The van der Waals surface area contributed by atoms with Crippen molar-refractivity contribution in [3.05, 3.63) is 58.3 Å². The molecule has 2 heterocycles. The van der Waals surface area contributed by atoms with E-state index >= 15 is 0 Å².